The van der Waals surface area contributed by atoms with E-state index in [2.05, 4.69) is 25.8 Å². The molecule has 1 heterocycles. The number of amides is 2. The maximum atomic E-state index is 11.6. The number of hydrogen-bond acceptors (Lipinski definition) is 4. The van der Waals surface area contributed by atoms with Crippen molar-refractivity contribution in [2.75, 3.05) is 13.6 Å². The molecule has 1 saturated carbocycles. The molecule has 0 aliphatic heterocycles. The summed E-state index contributed by atoms with van der Waals surface area (Å²) in [6, 6.07) is 0. The van der Waals surface area contributed by atoms with Gasteiger partial charge in [0.25, 0.3) is 5.91 Å². The summed E-state index contributed by atoms with van der Waals surface area (Å²) in [6.45, 7) is 0.284. The summed E-state index contributed by atoms with van der Waals surface area (Å²) in [7, 11) is 1.56. The van der Waals surface area contributed by atoms with E-state index >= 15 is 0 Å². The lowest BCUT2D eigenvalue weighted by Crippen LogP contribution is -2.29. The summed E-state index contributed by atoms with van der Waals surface area (Å²) in [5.41, 5.74) is 0. The fourth-order valence-corrected chi connectivity index (χ4v) is 1.41. The summed E-state index contributed by atoms with van der Waals surface area (Å²) in [6.07, 6.45) is 2.46. The second-order valence-corrected chi connectivity index (χ2v) is 4.00. The highest BCUT2D eigenvalue weighted by Crippen LogP contribution is 2.37. The van der Waals surface area contributed by atoms with Crippen LogP contribution in [0.15, 0.2) is 0 Å². The maximum Gasteiger partial charge on any atom is 0.290 e. The van der Waals surface area contributed by atoms with Crippen LogP contribution >= 0.6 is 0 Å². The van der Waals surface area contributed by atoms with E-state index in [1.54, 1.807) is 7.05 Å². The van der Waals surface area contributed by atoms with Gasteiger partial charge < -0.3 is 10.6 Å². The molecule has 1 aromatic heterocycles. The standard InChI is InChI=1S/C10H15N5O2/c1-11-7(16)4-5-12-10(17)9-13-8(14-15-9)6-2-3-6/h6H,2-5H2,1H3,(H,11,16)(H,12,17)(H,13,14,15). The van der Waals surface area contributed by atoms with E-state index in [1.165, 1.54) is 0 Å². The molecule has 0 unspecified atom stereocenters. The minimum absolute atomic E-state index is 0.112. The van der Waals surface area contributed by atoms with Gasteiger partial charge in [-0.05, 0) is 12.8 Å². The second kappa shape index (κ2) is 4.94. The smallest absolute Gasteiger partial charge is 0.290 e. The van der Waals surface area contributed by atoms with Crippen molar-refractivity contribution in [1.29, 1.82) is 0 Å². The molecule has 0 radical (unpaired) electrons. The molecule has 3 N–H and O–H groups in total. The quantitative estimate of drug-likeness (QED) is 0.645. The minimum atomic E-state index is -0.350. The van der Waals surface area contributed by atoms with E-state index in [1.807, 2.05) is 0 Å². The van der Waals surface area contributed by atoms with E-state index in [4.69, 9.17) is 0 Å². The number of H-pyrrole nitrogens is 1. The SMILES string of the molecule is CNC(=O)CCNC(=O)c1n[nH]c(C2CC2)n1. The zero-order valence-electron chi connectivity index (χ0n) is 9.62. The number of nitrogens with one attached hydrogen (secondary N) is 3. The van der Waals surface area contributed by atoms with Gasteiger partial charge in [0.1, 0.15) is 5.82 Å². The first-order valence-corrected chi connectivity index (χ1v) is 5.61. The Morgan fingerprint density at radius 1 is 1.47 bits per heavy atom. The van der Waals surface area contributed by atoms with Crippen molar-refractivity contribution in [3.63, 3.8) is 0 Å². The largest absolute Gasteiger partial charge is 0.359 e. The Morgan fingerprint density at radius 3 is 2.88 bits per heavy atom. The fraction of sp³-hybridized carbons (Fsp3) is 0.600. The van der Waals surface area contributed by atoms with Gasteiger partial charge in [-0.3, -0.25) is 14.7 Å². The normalized spacial score (nSPS) is 14.4. The minimum Gasteiger partial charge on any atom is -0.359 e. The molecule has 0 spiro atoms. The third kappa shape index (κ3) is 3.02. The highest BCUT2D eigenvalue weighted by atomic mass is 16.2. The molecule has 0 atom stereocenters. The average molecular weight is 237 g/mol. The van der Waals surface area contributed by atoms with Crippen molar-refractivity contribution in [3.05, 3.63) is 11.6 Å². The van der Waals surface area contributed by atoms with Crippen LogP contribution in [0.2, 0.25) is 0 Å². The number of rotatable bonds is 5. The van der Waals surface area contributed by atoms with Crippen molar-refractivity contribution < 1.29 is 9.59 Å². The predicted octanol–water partition coefficient (Wildman–Crippen LogP) is -0.452. The van der Waals surface area contributed by atoms with E-state index in [0.717, 1.165) is 18.7 Å². The lowest BCUT2D eigenvalue weighted by atomic mass is 10.4. The Labute approximate surface area is 98.4 Å². The molecule has 0 bridgehead atoms. The Hall–Kier alpha value is -1.92. The Bertz CT molecular complexity index is 424. The van der Waals surface area contributed by atoms with Gasteiger partial charge in [-0.15, -0.1) is 5.10 Å². The Kier molecular flexibility index (Phi) is 3.36. The van der Waals surface area contributed by atoms with Crippen LogP contribution in [0.5, 0.6) is 0 Å². The Morgan fingerprint density at radius 2 is 2.24 bits per heavy atom. The van der Waals surface area contributed by atoms with Gasteiger partial charge in [0, 0.05) is 25.9 Å². The summed E-state index contributed by atoms with van der Waals surface area (Å²) in [4.78, 5) is 26.6. The maximum absolute atomic E-state index is 11.6. The molecule has 7 nitrogen and oxygen atoms in total. The van der Waals surface area contributed by atoms with E-state index in [9.17, 15) is 9.59 Å². The zero-order chi connectivity index (χ0) is 12.3. The Balaban J connectivity index is 1.80. The highest BCUT2D eigenvalue weighted by molar-refractivity contribution is 5.90. The van der Waals surface area contributed by atoms with Crippen LogP contribution in [-0.2, 0) is 4.79 Å². The van der Waals surface area contributed by atoms with E-state index in [-0.39, 0.29) is 30.6 Å². The van der Waals surface area contributed by atoms with E-state index < -0.39 is 0 Å². The molecule has 1 aromatic rings. The van der Waals surface area contributed by atoms with Gasteiger partial charge in [-0.1, -0.05) is 0 Å². The molecule has 0 saturated heterocycles. The highest BCUT2D eigenvalue weighted by Gasteiger charge is 2.28. The van der Waals surface area contributed by atoms with Crippen molar-refractivity contribution in [1.82, 2.24) is 25.8 Å². The first-order valence-electron chi connectivity index (χ1n) is 5.61. The van der Waals surface area contributed by atoms with Gasteiger partial charge in [0.05, 0.1) is 0 Å². The molecule has 92 valence electrons. The topological polar surface area (TPSA) is 99.8 Å². The summed E-state index contributed by atoms with van der Waals surface area (Å²) >= 11 is 0. The van der Waals surface area contributed by atoms with Crippen LogP contribution in [-0.4, -0.2) is 40.6 Å². The van der Waals surface area contributed by atoms with Crippen LogP contribution in [0.3, 0.4) is 0 Å². The molecule has 17 heavy (non-hydrogen) atoms. The average Bonchev–Trinajstić information content (AvgIpc) is 3.06. The monoisotopic (exact) mass is 237 g/mol. The van der Waals surface area contributed by atoms with Crippen molar-refractivity contribution in [3.8, 4) is 0 Å². The lowest BCUT2D eigenvalue weighted by Gasteiger charge is -2.01. The van der Waals surface area contributed by atoms with Crippen LogP contribution in [0.1, 0.15) is 41.6 Å². The number of nitrogens with zero attached hydrogens (tertiary/aromatic N) is 2. The predicted molar refractivity (Wildman–Crippen MR) is 59.4 cm³/mol. The van der Waals surface area contributed by atoms with Crippen LogP contribution in [0, 0.1) is 0 Å². The van der Waals surface area contributed by atoms with Crippen molar-refractivity contribution in [2.45, 2.75) is 25.2 Å². The molecule has 1 aliphatic carbocycles. The summed E-state index contributed by atoms with van der Waals surface area (Å²) in [5, 5.41) is 11.7. The van der Waals surface area contributed by atoms with Gasteiger partial charge in [-0.25, -0.2) is 4.98 Å². The number of aromatic nitrogens is 3. The van der Waals surface area contributed by atoms with Gasteiger partial charge in [0.15, 0.2) is 0 Å². The summed E-state index contributed by atoms with van der Waals surface area (Å²) in [5.74, 6) is 0.899. The van der Waals surface area contributed by atoms with Crippen LogP contribution in [0.25, 0.3) is 0 Å². The van der Waals surface area contributed by atoms with Gasteiger partial charge in [0.2, 0.25) is 11.7 Å². The molecular formula is C10H15N5O2. The number of aromatic amines is 1. The molecule has 2 rings (SSSR count). The number of carbonyl (C=O) groups is 2. The first kappa shape index (κ1) is 11.6. The molecule has 7 heteroatoms. The van der Waals surface area contributed by atoms with Crippen LogP contribution in [0.4, 0.5) is 0 Å². The molecule has 1 fully saturated rings. The lowest BCUT2D eigenvalue weighted by molar-refractivity contribution is -0.120. The number of carbonyl (C=O) groups excluding carboxylic acids is 2. The molecule has 0 aromatic carbocycles. The molecule has 1 aliphatic rings. The van der Waals surface area contributed by atoms with Crippen molar-refractivity contribution >= 4 is 11.8 Å². The van der Waals surface area contributed by atoms with Crippen LogP contribution < -0.4 is 10.6 Å². The molecular weight excluding hydrogens is 222 g/mol. The summed E-state index contributed by atoms with van der Waals surface area (Å²) < 4.78 is 0. The first-order chi connectivity index (χ1) is 8.20. The van der Waals surface area contributed by atoms with Gasteiger partial charge >= 0.3 is 0 Å². The zero-order valence-corrected chi connectivity index (χ0v) is 9.62. The second-order valence-electron chi connectivity index (χ2n) is 4.00. The third-order valence-corrected chi connectivity index (χ3v) is 2.59. The van der Waals surface area contributed by atoms with E-state index in [0.29, 0.717) is 5.92 Å². The van der Waals surface area contributed by atoms with Crippen molar-refractivity contribution in [2.24, 2.45) is 0 Å². The number of hydrogen-bond donors (Lipinski definition) is 3. The third-order valence-electron chi connectivity index (χ3n) is 2.59. The molecule has 2 amide bonds. The van der Waals surface area contributed by atoms with Gasteiger partial charge in [-0.2, -0.15) is 0 Å². The fourth-order valence-electron chi connectivity index (χ4n) is 1.41.